The number of piperazine rings is 1. The van der Waals surface area contributed by atoms with E-state index in [2.05, 4.69) is 57.2 Å². The molecular weight excluding hydrogens is 505 g/mol. The topological polar surface area (TPSA) is 97.8 Å². The third kappa shape index (κ3) is 3.73. The quantitative estimate of drug-likeness (QED) is 0.322. The molecule has 3 heterocycles. The van der Waals surface area contributed by atoms with Crippen molar-refractivity contribution >= 4 is 50.5 Å². The van der Waals surface area contributed by atoms with E-state index in [-0.39, 0.29) is 11.4 Å². The highest BCUT2D eigenvalue weighted by atomic mass is 19.1. The molecule has 0 spiro atoms. The maximum absolute atomic E-state index is 14.4. The average molecular weight is 534 g/mol. The minimum absolute atomic E-state index is 0.277. The number of nitrogens with zero attached hydrogens (tertiary/aromatic N) is 5. The first-order valence-corrected chi connectivity index (χ1v) is 13.2. The van der Waals surface area contributed by atoms with Gasteiger partial charge in [-0.2, -0.15) is 4.98 Å². The van der Waals surface area contributed by atoms with Gasteiger partial charge >= 0.3 is 0 Å². The standard InChI is InChI=1S/C31H28FN7O/c1-36-28-17-20(7-11-26(28)39-27-4-2-3-24(34)29(27)30(40)35-31(36)39)19-5-9-22(10-6-19)37-13-15-38(16-14-37)25-12-8-21(33)18-23(25)32/h2-12,17-18H,13-16,33-34H2,1H3. The number of imidazole rings is 1. The van der Waals surface area contributed by atoms with Gasteiger partial charge in [0.2, 0.25) is 5.78 Å². The molecule has 1 saturated heterocycles. The van der Waals surface area contributed by atoms with Crippen molar-refractivity contribution in [3.63, 3.8) is 0 Å². The van der Waals surface area contributed by atoms with Crippen LogP contribution in [0.15, 0.2) is 83.7 Å². The number of rotatable bonds is 3. The van der Waals surface area contributed by atoms with Crippen molar-refractivity contribution in [2.45, 2.75) is 0 Å². The van der Waals surface area contributed by atoms with Crippen molar-refractivity contribution in [2.75, 3.05) is 47.4 Å². The minimum atomic E-state index is -0.325. The lowest BCUT2D eigenvalue weighted by Crippen LogP contribution is -2.46. The normalized spacial score (nSPS) is 14.1. The summed E-state index contributed by atoms with van der Waals surface area (Å²) in [4.78, 5) is 21.5. The third-order valence-electron chi connectivity index (χ3n) is 7.97. The summed E-state index contributed by atoms with van der Waals surface area (Å²) in [7, 11) is 1.92. The van der Waals surface area contributed by atoms with E-state index in [4.69, 9.17) is 11.5 Å². The smallest absolute Gasteiger partial charge is 0.284 e. The van der Waals surface area contributed by atoms with Crippen LogP contribution in [0.2, 0.25) is 0 Å². The summed E-state index contributed by atoms with van der Waals surface area (Å²) in [5, 5.41) is 0.437. The van der Waals surface area contributed by atoms with Gasteiger partial charge in [-0.15, -0.1) is 0 Å². The number of hydrogen-bond acceptors (Lipinski definition) is 6. The Bertz CT molecular complexity index is 1990. The van der Waals surface area contributed by atoms with E-state index < -0.39 is 0 Å². The second-order valence-electron chi connectivity index (χ2n) is 10.3. The molecular formula is C31H28FN7O. The Kier molecular flexibility index (Phi) is 5.41. The number of nitrogen functional groups attached to an aromatic ring is 2. The molecule has 4 aromatic carbocycles. The van der Waals surface area contributed by atoms with Gasteiger partial charge in [-0.05, 0) is 65.7 Å². The van der Waals surface area contributed by atoms with E-state index in [0.29, 0.717) is 28.2 Å². The lowest BCUT2D eigenvalue weighted by atomic mass is 10.0. The van der Waals surface area contributed by atoms with Crippen molar-refractivity contribution in [1.82, 2.24) is 14.0 Å². The van der Waals surface area contributed by atoms with Gasteiger partial charge in [0, 0.05) is 50.3 Å². The number of nitrogens with two attached hydrogens (primary N) is 2. The first kappa shape index (κ1) is 24.0. The van der Waals surface area contributed by atoms with Crippen LogP contribution in [0.5, 0.6) is 0 Å². The lowest BCUT2D eigenvalue weighted by Gasteiger charge is -2.37. The number of anilines is 4. The predicted molar refractivity (Wildman–Crippen MR) is 161 cm³/mol. The molecule has 0 amide bonds. The fourth-order valence-electron chi connectivity index (χ4n) is 5.86. The van der Waals surface area contributed by atoms with E-state index in [9.17, 15) is 9.18 Å². The van der Waals surface area contributed by atoms with E-state index in [1.54, 1.807) is 18.2 Å². The highest BCUT2D eigenvalue weighted by Gasteiger charge is 2.20. The number of hydrogen-bond donors (Lipinski definition) is 2. The Morgan fingerprint density at radius 3 is 2.25 bits per heavy atom. The van der Waals surface area contributed by atoms with Gasteiger partial charge < -0.3 is 25.8 Å². The number of benzene rings is 4. The average Bonchev–Trinajstić information content (AvgIpc) is 3.24. The van der Waals surface area contributed by atoms with Crippen molar-refractivity contribution in [2.24, 2.45) is 7.05 Å². The van der Waals surface area contributed by atoms with Crippen LogP contribution in [-0.4, -0.2) is 40.1 Å². The SMILES string of the molecule is Cn1c2cc(-c3ccc(N4CCN(c5ccc(N)cc5F)CC4)cc3)ccc2n2c3cccc(N)c3c(=O)nc12. The van der Waals surface area contributed by atoms with Crippen LogP contribution < -0.4 is 26.8 Å². The molecule has 0 bridgehead atoms. The van der Waals surface area contributed by atoms with Gasteiger partial charge in [0.15, 0.2) is 0 Å². The zero-order valence-electron chi connectivity index (χ0n) is 22.0. The Labute approximate surface area is 229 Å². The Morgan fingerprint density at radius 1 is 0.775 bits per heavy atom. The van der Waals surface area contributed by atoms with Gasteiger partial charge in [0.05, 0.1) is 27.6 Å². The van der Waals surface area contributed by atoms with Crippen LogP contribution in [-0.2, 0) is 7.05 Å². The second kappa shape index (κ2) is 9.01. The van der Waals surface area contributed by atoms with E-state index in [1.165, 1.54) is 6.07 Å². The van der Waals surface area contributed by atoms with Crippen molar-refractivity contribution in [1.29, 1.82) is 0 Å². The maximum atomic E-state index is 14.4. The van der Waals surface area contributed by atoms with Crippen molar-refractivity contribution < 1.29 is 4.39 Å². The minimum Gasteiger partial charge on any atom is -0.399 e. The summed E-state index contributed by atoms with van der Waals surface area (Å²) < 4.78 is 18.3. The van der Waals surface area contributed by atoms with Crippen LogP contribution in [0.25, 0.3) is 38.8 Å². The van der Waals surface area contributed by atoms with Gasteiger partial charge in [-0.3, -0.25) is 9.20 Å². The van der Waals surface area contributed by atoms with Gasteiger partial charge in [0.25, 0.3) is 5.56 Å². The first-order valence-electron chi connectivity index (χ1n) is 13.2. The summed E-state index contributed by atoms with van der Waals surface area (Å²) >= 11 is 0. The summed E-state index contributed by atoms with van der Waals surface area (Å²) in [6.45, 7) is 3.07. The monoisotopic (exact) mass is 533 g/mol. The van der Waals surface area contributed by atoms with Gasteiger partial charge in [-0.1, -0.05) is 24.3 Å². The zero-order valence-corrected chi connectivity index (χ0v) is 22.0. The van der Waals surface area contributed by atoms with Crippen molar-refractivity contribution in [3.05, 3.63) is 95.0 Å². The summed E-state index contributed by atoms with van der Waals surface area (Å²) in [6, 6.07) is 25.2. The van der Waals surface area contributed by atoms with Gasteiger partial charge in [-0.25, -0.2) is 4.39 Å². The van der Waals surface area contributed by atoms with E-state index >= 15 is 0 Å². The molecule has 2 aromatic heterocycles. The molecule has 7 rings (SSSR count). The molecule has 200 valence electrons. The predicted octanol–water partition coefficient (Wildman–Crippen LogP) is 4.64. The van der Waals surface area contributed by atoms with E-state index in [0.717, 1.165) is 59.5 Å². The van der Waals surface area contributed by atoms with Crippen LogP contribution in [0.3, 0.4) is 0 Å². The molecule has 8 nitrogen and oxygen atoms in total. The third-order valence-corrected chi connectivity index (χ3v) is 7.97. The summed E-state index contributed by atoms with van der Waals surface area (Å²) in [5.41, 5.74) is 18.9. The van der Waals surface area contributed by atoms with Crippen LogP contribution in [0.1, 0.15) is 0 Å². The molecule has 1 fully saturated rings. The van der Waals surface area contributed by atoms with Crippen LogP contribution in [0, 0.1) is 5.82 Å². The number of aromatic nitrogens is 3. The largest absolute Gasteiger partial charge is 0.399 e. The fraction of sp³-hybridized carbons (Fsp3) is 0.161. The number of aryl methyl sites for hydroxylation is 1. The zero-order chi connectivity index (χ0) is 27.5. The summed E-state index contributed by atoms with van der Waals surface area (Å²) in [5.74, 6) is 0.296. The molecule has 0 aliphatic carbocycles. The molecule has 1 aliphatic rings. The van der Waals surface area contributed by atoms with E-state index in [1.807, 2.05) is 28.1 Å². The van der Waals surface area contributed by atoms with Crippen molar-refractivity contribution in [3.8, 4) is 11.1 Å². The molecule has 0 saturated carbocycles. The van der Waals surface area contributed by atoms with Gasteiger partial charge in [0.1, 0.15) is 5.82 Å². The highest BCUT2D eigenvalue weighted by molar-refractivity contribution is 5.96. The highest BCUT2D eigenvalue weighted by Crippen LogP contribution is 2.31. The molecule has 0 atom stereocenters. The Hall–Kier alpha value is -5.05. The molecule has 9 heteroatoms. The molecule has 6 aromatic rings. The Balaban J connectivity index is 1.17. The molecule has 40 heavy (non-hydrogen) atoms. The van der Waals surface area contributed by atoms with Crippen LogP contribution in [0.4, 0.5) is 27.1 Å². The lowest BCUT2D eigenvalue weighted by molar-refractivity contribution is 0.598. The molecule has 0 radical (unpaired) electrons. The Morgan fingerprint density at radius 2 is 1.50 bits per heavy atom. The summed E-state index contributed by atoms with van der Waals surface area (Å²) in [6.07, 6.45) is 0. The molecule has 4 N–H and O–H groups in total. The maximum Gasteiger partial charge on any atom is 0.284 e. The fourth-order valence-corrected chi connectivity index (χ4v) is 5.86. The first-order chi connectivity index (χ1) is 19.4. The second-order valence-corrected chi connectivity index (χ2v) is 10.3. The number of fused-ring (bicyclic) bond motifs is 5. The van der Waals surface area contributed by atoms with Crippen LogP contribution >= 0.6 is 0 Å². The molecule has 1 aliphatic heterocycles. The number of halogens is 1. The molecule has 0 unspecified atom stereocenters.